The van der Waals surface area contributed by atoms with Crippen LogP contribution in [-0.2, 0) is 7.05 Å². The molecule has 4 rings (SSSR count). The zero-order valence-electron chi connectivity index (χ0n) is 17.4. The van der Waals surface area contributed by atoms with Gasteiger partial charge in [0.05, 0.1) is 0 Å². The molecule has 0 aliphatic carbocycles. The number of aromatic nitrogens is 3. The van der Waals surface area contributed by atoms with Gasteiger partial charge in [-0.25, -0.2) is 9.97 Å². The highest BCUT2D eigenvalue weighted by Crippen LogP contribution is 2.33. The number of aryl methyl sites for hydroxylation is 1. The first kappa shape index (κ1) is 21.1. The molecule has 0 unspecified atom stereocenters. The summed E-state index contributed by atoms with van der Waals surface area (Å²) in [5, 5.41) is 6.03. The van der Waals surface area contributed by atoms with E-state index in [0.29, 0.717) is 22.4 Å². The van der Waals surface area contributed by atoms with Gasteiger partial charge in [-0.3, -0.25) is 10.1 Å². The monoisotopic (exact) mass is 450 g/mol. The maximum absolute atomic E-state index is 12.8. The van der Waals surface area contributed by atoms with Crippen LogP contribution in [0.15, 0.2) is 76.5 Å². The first-order valence-electron chi connectivity index (χ1n) is 9.77. The Kier molecular flexibility index (Phi) is 6.39. The Labute approximate surface area is 189 Å². The molecular weight excluding hydrogens is 428 g/mol. The van der Waals surface area contributed by atoms with Crippen molar-refractivity contribution in [3.8, 4) is 11.5 Å². The number of amides is 1. The highest BCUT2D eigenvalue weighted by Gasteiger charge is 2.14. The predicted octanol–water partition coefficient (Wildman–Crippen LogP) is 6.20. The number of nitrogens with one attached hydrogen (secondary N) is 1. The Morgan fingerprint density at radius 2 is 1.90 bits per heavy atom. The zero-order valence-corrected chi connectivity index (χ0v) is 19.0. The van der Waals surface area contributed by atoms with Gasteiger partial charge < -0.3 is 9.30 Å². The number of anilines is 1. The number of hydrogen-bond acceptors (Lipinski definition) is 6. The average Bonchev–Trinajstić information content (AvgIpc) is 3.40. The Morgan fingerprint density at radius 1 is 1.10 bits per heavy atom. The SMILES string of the molecule is CC(C)c1ccc(Oc2cc(Sc3nccn3C)cc(C(=O)Nc3nccs3)c2)cc1. The molecule has 0 bridgehead atoms. The average molecular weight is 451 g/mol. The van der Waals surface area contributed by atoms with Crippen molar-refractivity contribution in [3.63, 3.8) is 0 Å². The lowest BCUT2D eigenvalue weighted by Crippen LogP contribution is -2.11. The Balaban J connectivity index is 1.63. The van der Waals surface area contributed by atoms with Crippen molar-refractivity contribution in [2.24, 2.45) is 7.05 Å². The van der Waals surface area contributed by atoms with Gasteiger partial charge >= 0.3 is 0 Å². The number of rotatable bonds is 7. The Hall–Kier alpha value is -3.10. The molecule has 2 heterocycles. The van der Waals surface area contributed by atoms with E-state index in [1.54, 1.807) is 18.5 Å². The number of carbonyl (C=O) groups excluding carboxylic acids is 1. The first-order valence-corrected chi connectivity index (χ1v) is 11.5. The summed E-state index contributed by atoms with van der Waals surface area (Å²) in [4.78, 5) is 22.2. The van der Waals surface area contributed by atoms with Crippen LogP contribution in [0.1, 0.15) is 35.7 Å². The largest absolute Gasteiger partial charge is 0.457 e. The third-order valence-corrected chi connectivity index (χ3v) is 6.30. The molecule has 6 nitrogen and oxygen atoms in total. The number of nitrogens with zero attached hydrogens (tertiary/aromatic N) is 3. The number of carbonyl (C=O) groups is 1. The van der Waals surface area contributed by atoms with Gasteiger partial charge in [0.25, 0.3) is 5.91 Å². The quantitative estimate of drug-likeness (QED) is 0.363. The minimum atomic E-state index is -0.239. The maximum atomic E-state index is 12.8. The van der Waals surface area contributed by atoms with Crippen molar-refractivity contribution in [3.05, 3.63) is 77.6 Å². The Bertz CT molecular complexity index is 1170. The number of imidazole rings is 1. The number of hydrogen-bond donors (Lipinski definition) is 1. The van der Waals surface area contributed by atoms with Gasteiger partial charge in [-0.2, -0.15) is 0 Å². The van der Waals surface area contributed by atoms with Gasteiger partial charge in [-0.1, -0.05) is 37.7 Å². The van der Waals surface area contributed by atoms with Crippen LogP contribution in [0.5, 0.6) is 11.5 Å². The van der Waals surface area contributed by atoms with Crippen LogP contribution in [0.25, 0.3) is 0 Å². The molecule has 158 valence electrons. The summed E-state index contributed by atoms with van der Waals surface area (Å²) in [6.07, 6.45) is 5.28. The second-order valence-electron chi connectivity index (χ2n) is 7.23. The van der Waals surface area contributed by atoms with Gasteiger partial charge in [0.2, 0.25) is 0 Å². The van der Waals surface area contributed by atoms with E-state index in [2.05, 4.69) is 41.3 Å². The summed E-state index contributed by atoms with van der Waals surface area (Å²) < 4.78 is 8.02. The number of benzene rings is 2. The maximum Gasteiger partial charge on any atom is 0.257 e. The molecular formula is C23H22N4O2S2. The molecule has 31 heavy (non-hydrogen) atoms. The third-order valence-electron chi connectivity index (χ3n) is 4.56. The number of ether oxygens (including phenoxy) is 1. The van der Waals surface area contributed by atoms with Gasteiger partial charge in [-0.05, 0) is 41.8 Å². The topological polar surface area (TPSA) is 69.0 Å². The van der Waals surface area contributed by atoms with Crippen LogP contribution in [0.3, 0.4) is 0 Å². The van der Waals surface area contributed by atoms with E-state index in [1.165, 1.54) is 28.7 Å². The molecule has 0 spiro atoms. The van der Waals surface area contributed by atoms with E-state index in [4.69, 9.17) is 4.74 Å². The minimum Gasteiger partial charge on any atom is -0.457 e. The lowest BCUT2D eigenvalue weighted by molar-refractivity contribution is 0.102. The van der Waals surface area contributed by atoms with Crippen LogP contribution in [0.4, 0.5) is 5.13 Å². The molecule has 8 heteroatoms. The molecule has 0 saturated heterocycles. The fourth-order valence-corrected chi connectivity index (χ4v) is 4.30. The second-order valence-corrected chi connectivity index (χ2v) is 9.17. The molecule has 0 saturated carbocycles. The van der Waals surface area contributed by atoms with Gasteiger partial charge in [0.1, 0.15) is 11.5 Å². The van der Waals surface area contributed by atoms with Crippen LogP contribution in [0.2, 0.25) is 0 Å². The summed E-state index contributed by atoms with van der Waals surface area (Å²) in [6, 6.07) is 13.5. The van der Waals surface area contributed by atoms with E-state index < -0.39 is 0 Å². The van der Waals surface area contributed by atoms with E-state index in [-0.39, 0.29) is 5.91 Å². The lowest BCUT2D eigenvalue weighted by Gasteiger charge is -2.12. The van der Waals surface area contributed by atoms with Crippen LogP contribution < -0.4 is 10.1 Å². The molecule has 2 aromatic carbocycles. The molecule has 0 radical (unpaired) electrons. The van der Waals surface area contributed by atoms with Gasteiger partial charge in [0, 0.05) is 41.5 Å². The molecule has 2 aromatic heterocycles. The molecule has 1 amide bonds. The molecule has 1 N–H and O–H groups in total. The second kappa shape index (κ2) is 9.36. The van der Waals surface area contributed by atoms with Crippen LogP contribution in [-0.4, -0.2) is 20.4 Å². The van der Waals surface area contributed by atoms with Crippen molar-refractivity contribution in [1.29, 1.82) is 0 Å². The zero-order chi connectivity index (χ0) is 21.8. The highest BCUT2D eigenvalue weighted by atomic mass is 32.2. The van der Waals surface area contributed by atoms with E-state index in [1.807, 2.05) is 47.5 Å². The van der Waals surface area contributed by atoms with Crippen molar-refractivity contribution in [2.75, 3.05) is 5.32 Å². The molecule has 4 aromatic rings. The normalized spacial score (nSPS) is 11.0. The Morgan fingerprint density at radius 3 is 2.55 bits per heavy atom. The summed E-state index contributed by atoms with van der Waals surface area (Å²) in [5.41, 5.74) is 1.73. The summed E-state index contributed by atoms with van der Waals surface area (Å²) in [6.45, 7) is 4.31. The van der Waals surface area contributed by atoms with E-state index in [0.717, 1.165) is 15.8 Å². The highest BCUT2D eigenvalue weighted by molar-refractivity contribution is 7.99. The van der Waals surface area contributed by atoms with E-state index in [9.17, 15) is 4.79 Å². The number of thiazole rings is 1. The third kappa shape index (κ3) is 5.34. The van der Waals surface area contributed by atoms with Gasteiger partial charge in [0.15, 0.2) is 10.3 Å². The first-order chi connectivity index (χ1) is 15.0. The van der Waals surface area contributed by atoms with Crippen LogP contribution >= 0.6 is 23.1 Å². The summed E-state index contributed by atoms with van der Waals surface area (Å²) >= 11 is 2.84. The fraction of sp³-hybridized carbons (Fsp3) is 0.174. The fourth-order valence-electron chi connectivity index (χ4n) is 2.89. The standard InChI is InChI=1S/C23H22N4O2S2/c1-15(2)16-4-6-18(7-5-16)29-19-12-17(21(28)26-22-24-9-11-30-22)13-20(14-19)31-23-25-8-10-27(23)3/h4-15H,1-3H3,(H,24,26,28). The lowest BCUT2D eigenvalue weighted by atomic mass is 10.0. The smallest absolute Gasteiger partial charge is 0.257 e. The van der Waals surface area contributed by atoms with Crippen LogP contribution in [0, 0.1) is 0 Å². The summed E-state index contributed by atoms with van der Waals surface area (Å²) in [7, 11) is 1.93. The molecule has 0 aliphatic heterocycles. The van der Waals surface area contributed by atoms with Crippen molar-refractivity contribution >= 4 is 34.1 Å². The van der Waals surface area contributed by atoms with Crippen molar-refractivity contribution in [2.45, 2.75) is 29.8 Å². The predicted molar refractivity (Wildman–Crippen MR) is 124 cm³/mol. The molecule has 0 atom stereocenters. The van der Waals surface area contributed by atoms with Gasteiger partial charge in [-0.15, -0.1) is 11.3 Å². The van der Waals surface area contributed by atoms with Crippen molar-refractivity contribution < 1.29 is 9.53 Å². The van der Waals surface area contributed by atoms with E-state index >= 15 is 0 Å². The molecule has 0 aliphatic rings. The minimum absolute atomic E-state index is 0.239. The molecule has 0 fully saturated rings. The van der Waals surface area contributed by atoms with Crippen molar-refractivity contribution in [1.82, 2.24) is 14.5 Å². The summed E-state index contributed by atoms with van der Waals surface area (Å²) in [5.74, 6) is 1.51.